The molecule has 2 aromatic rings. The van der Waals surface area contributed by atoms with Gasteiger partial charge in [0.05, 0.1) is 0 Å². The normalized spacial score (nSPS) is 10.8. The molecule has 2 rings (SSSR count). The number of Topliss-reactive ketones (excluding diaryl/α,β-unsaturated/α-hetero) is 2. The zero-order chi connectivity index (χ0) is 16.1. The fraction of sp³-hybridized carbons (Fsp3) is 0.118. The first-order valence-corrected chi connectivity index (χ1v) is 6.97. The van der Waals surface area contributed by atoms with Gasteiger partial charge in [0, 0.05) is 27.9 Å². The molecule has 2 aromatic carbocycles. The summed E-state index contributed by atoms with van der Waals surface area (Å²) >= 11 is 5.76. The van der Waals surface area contributed by atoms with E-state index >= 15 is 0 Å². The number of carbonyl (C=O) groups is 2. The average molecular weight is 316 g/mol. The van der Waals surface area contributed by atoms with Crippen molar-refractivity contribution in [1.82, 2.24) is 0 Å². The van der Waals surface area contributed by atoms with Crippen LogP contribution in [0.4, 0.5) is 0 Å². The van der Waals surface area contributed by atoms with Crippen molar-refractivity contribution in [3.8, 4) is 5.75 Å². The predicted octanol–water partition coefficient (Wildman–Crippen LogP) is 3.55. The SMILES string of the molecule is CC(=O)c1ccc(O)c(C=NCC(=O)c2ccc(Cl)cc2)c1. The van der Waals surface area contributed by atoms with Gasteiger partial charge < -0.3 is 5.11 Å². The molecular weight excluding hydrogens is 302 g/mol. The minimum atomic E-state index is -0.157. The smallest absolute Gasteiger partial charge is 0.184 e. The lowest BCUT2D eigenvalue weighted by Crippen LogP contribution is -2.03. The Morgan fingerprint density at radius 2 is 1.77 bits per heavy atom. The number of carbonyl (C=O) groups excluding carboxylic acids is 2. The van der Waals surface area contributed by atoms with E-state index in [-0.39, 0.29) is 23.9 Å². The van der Waals surface area contributed by atoms with Crippen molar-refractivity contribution in [2.24, 2.45) is 4.99 Å². The van der Waals surface area contributed by atoms with Crippen molar-refractivity contribution in [3.05, 3.63) is 64.2 Å². The fourth-order valence-corrected chi connectivity index (χ4v) is 1.96. The van der Waals surface area contributed by atoms with E-state index in [2.05, 4.69) is 4.99 Å². The zero-order valence-electron chi connectivity index (χ0n) is 11.9. The van der Waals surface area contributed by atoms with Gasteiger partial charge in [-0.1, -0.05) is 11.6 Å². The highest BCUT2D eigenvalue weighted by molar-refractivity contribution is 6.30. The van der Waals surface area contributed by atoms with Crippen LogP contribution < -0.4 is 0 Å². The highest BCUT2D eigenvalue weighted by atomic mass is 35.5. The summed E-state index contributed by atoms with van der Waals surface area (Å²) < 4.78 is 0. The summed E-state index contributed by atoms with van der Waals surface area (Å²) in [6.45, 7) is 1.39. The summed E-state index contributed by atoms with van der Waals surface area (Å²) in [5, 5.41) is 10.3. The largest absolute Gasteiger partial charge is 0.507 e. The lowest BCUT2D eigenvalue weighted by Gasteiger charge is -2.02. The van der Waals surface area contributed by atoms with E-state index in [1.807, 2.05) is 0 Å². The van der Waals surface area contributed by atoms with Crippen LogP contribution >= 0.6 is 11.6 Å². The van der Waals surface area contributed by atoms with Gasteiger partial charge in [0.2, 0.25) is 0 Å². The Labute approximate surface area is 133 Å². The Balaban J connectivity index is 2.09. The Hall–Kier alpha value is -2.46. The van der Waals surface area contributed by atoms with Gasteiger partial charge in [-0.2, -0.15) is 0 Å². The van der Waals surface area contributed by atoms with Gasteiger partial charge >= 0.3 is 0 Å². The molecule has 0 fully saturated rings. The monoisotopic (exact) mass is 315 g/mol. The first kappa shape index (κ1) is 15.9. The van der Waals surface area contributed by atoms with Crippen molar-refractivity contribution < 1.29 is 14.7 Å². The first-order valence-electron chi connectivity index (χ1n) is 6.60. The number of hydrogen-bond acceptors (Lipinski definition) is 4. The number of benzene rings is 2. The zero-order valence-corrected chi connectivity index (χ0v) is 12.7. The molecule has 0 heterocycles. The topological polar surface area (TPSA) is 66.7 Å². The number of rotatable bonds is 5. The molecule has 0 radical (unpaired) electrons. The predicted molar refractivity (Wildman–Crippen MR) is 86.4 cm³/mol. The quantitative estimate of drug-likeness (QED) is 0.677. The van der Waals surface area contributed by atoms with E-state index in [1.165, 1.54) is 31.3 Å². The van der Waals surface area contributed by atoms with Gasteiger partial charge in [-0.15, -0.1) is 0 Å². The van der Waals surface area contributed by atoms with Crippen LogP contribution in [0.25, 0.3) is 0 Å². The van der Waals surface area contributed by atoms with Crippen LogP contribution in [0.5, 0.6) is 5.75 Å². The van der Waals surface area contributed by atoms with Gasteiger partial charge in [-0.05, 0) is 49.4 Å². The molecule has 22 heavy (non-hydrogen) atoms. The molecular formula is C17H14ClNO3. The minimum Gasteiger partial charge on any atom is -0.507 e. The number of aromatic hydroxyl groups is 1. The number of phenols is 1. The van der Waals surface area contributed by atoms with Crippen molar-refractivity contribution in [3.63, 3.8) is 0 Å². The van der Waals surface area contributed by atoms with Crippen molar-refractivity contribution in [2.45, 2.75) is 6.92 Å². The molecule has 112 valence electrons. The summed E-state index contributed by atoms with van der Waals surface area (Å²) in [6, 6.07) is 11.0. The number of aliphatic imine (C=N–C) groups is 1. The summed E-state index contributed by atoms with van der Waals surface area (Å²) in [7, 11) is 0. The van der Waals surface area contributed by atoms with Crippen LogP contribution in [-0.2, 0) is 0 Å². The molecule has 5 heteroatoms. The number of nitrogens with zero attached hydrogens (tertiary/aromatic N) is 1. The standard InChI is InChI=1S/C17H14ClNO3/c1-11(20)13-4-7-16(21)14(8-13)9-19-10-17(22)12-2-5-15(18)6-3-12/h2-9,21H,10H2,1H3. The molecule has 0 atom stereocenters. The Morgan fingerprint density at radius 3 is 2.41 bits per heavy atom. The van der Waals surface area contributed by atoms with Crippen molar-refractivity contribution in [2.75, 3.05) is 6.54 Å². The molecule has 0 bridgehead atoms. The second-order valence-electron chi connectivity index (χ2n) is 4.73. The fourth-order valence-electron chi connectivity index (χ4n) is 1.83. The maximum Gasteiger partial charge on any atom is 0.184 e. The highest BCUT2D eigenvalue weighted by Gasteiger charge is 2.06. The molecule has 0 aliphatic rings. The summed E-state index contributed by atoms with van der Waals surface area (Å²) in [5.41, 5.74) is 1.39. The number of phenolic OH excluding ortho intramolecular Hbond substituents is 1. The van der Waals surface area contributed by atoms with Crippen LogP contribution in [0.2, 0.25) is 5.02 Å². The third kappa shape index (κ3) is 4.02. The van der Waals surface area contributed by atoms with Gasteiger partial charge in [-0.3, -0.25) is 14.6 Å². The maximum atomic E-state index is 11.9. The van der Waals surface area contributed by atoms with E-state index in [1.54, 1.807) is 24.3 Å². The third-order valence-electron chi connectivity index (χ3n) is 3.07. The maximum absolute atomic E-state index is 11.9. The molecule has 0 aliphatic carbocycles. The van der Waals surface area contributed by atoms with E-state index in [0.717, 1.165) is 0 Å². The van der Waals surface area contributed by atoms with Gasteiger partial charge in [0.25, 0.3) is 0 Å². The molecule has 0 unspecified atom stereocenters. The number of ketones is 2. The lowest BCUT2D eigenvalue weighted by atomic mass is 10.1. The highest BCUT2D eigenvalue weighted by Crippen LogP contribution is 2.17. The van der Waals surface area contributed by atoms with Gasteiger partial charge in [0.15, 0.2) is 11.6 Å². The van der Waals surface area contributed by atoms with E-state index < -0.39 is 0 Å². The number of hydrogen-bond donors (Lipinski definition) is 1. The average Bonchev–Trinajstić information content (AvgIpc) is 2.49. The van der Waals surface area contributed by atoms with Crippen molar-refractivity contribution in [1.29, 1.82) is 0 Å². The van der Waals surface area contributed by atoms with Crippen LogP contribution in [0.1, 0.15) is 33.2 Å². The van der Waals surface area contributed by atoms with Crippen LogP contribution in [-0.4, -0.2) is 29.4 Å². The Bertz CT molecular complexity index is 736. The van der Waals surface area contributed by atoms with E-state index in [9.17, 15) is 14.7 Å². The number of halogens is 1. The van der Waals surface area contributed by atoms with E-state index in [0.29, 0.717) is 21.7 Å². The molecule has 0 saturated carbocycles. The van der Waals surface area contributed by atoms with Gasteiger partial charge in [-0.25, -0.2) is 0 Å². The summed E-state index contributed by atoms with van der Waals surface area (Å²) in [6.07, 6.45) is 1.38. The molecule has 0 amide bonds. The molecule has 1 N–H and O–H groups in total. The van der Waals surface area contributed by atoms with Gasteiger partial charge in [0.1, 0.15) is 12.3 Å². The third-order valence-corrected chi connectivity index (χ3v) is 3.32. The molecule has 0 spiro atoms. The summed E-state index contributed by atoms with van der Waals surface area (Å²) in [5.74, 6) is -0.255. The first-order chi connectivity index (χ1) is 10.5. The second kappa shape index (κ2) is 7.00. The van der Waals surface area contributed by atoms with Crippen LogP contribution in [0, 0.1) is 0 Å². The Morgan fingerprint density at radius 1 is 1.14 bits per heavy atom. The molecule has 4 nitrogen and oxygen atoms in total. The minimum absolute atomic E-state index is 0.00712. The Kier molecular flexibility index (Phi) is 5.07. The summed E-state index contributed by atoms with van der Waals surface area (Å²) in [4.78, 5) is 27.3. The van der Waals surface area contributed by atoms with Crippen molar-refractivity contribution >= 4 is 29.4 Å². The van der Waals surface area contributed by atoms with Crippen LogP contribution in [0.15, 0.2) is 47.5 Å². The molecule has 0 saturated heterocycles. The van der Waals surface area contributed by atoms with E-state index in [4.69, 9.17) is 11.6 Å². The lowest BCUT2D eigenvalue weighted by molar-refractivity contribution is 0.0997. The van der Waals surface area contributed by atoms with Crippen LogP contribution in [0.3, 0.4) is 0 Å². The molecule has 0 aliphatic heterocycles. The second-order valence-corrected chi connectivity index (χ2v) is 5.17. The molecule has 0 aromatic heterocycles.